The van der Waals surface area contributed by atoms with Crippen LogP contribution in [0.3, 0.4) is 0 Å². The van der Waals surface area contributed by atoms with Crippen LogP contribution in [0.4, 0.5) is 0 Å². The van der Waals surface area contributed by atoms with Crippen molar-refractivity contribution in [3.05, 3.63) is 194 Å². The van der Waals surface area contributed by atoms with Crippen molar-refractivity contribution in [3.63, 3.8) is 0 Å². The predicted molar refractivity (Wildman–Crippen MR) is 241 cm³/mol. The molecule has 4 heteroatoms. The third-order valence-corrected chi connectivity index (χ3v) is 12.1. The summed E-state index contributed by atoms with van der Waals surface area (Å²) in [5.41, 5.74) is 15.0. The summed E-state index contributed by atoms with van der Waals surface area (Å²) >= 11 is 0. The van der Waals surface area contributed by atoms with Crippen LogP contribution in [0.2, 0.25) is 0 Å². The van der Waals surface area contributed by atoms with E-state index in [1.165, 1.54) is 38.2 Å². The number of rotatable bonds is 4. The smallest absolute Gasteiger partial charge is 0.159 e. The molecule has 0 bridgehead atoms. The van der Waals surface area contributed by atoms with Crippen molar-refractivity contribution in [2.75, 3.05) is 0 Å². The molecule has 0 fully saturated rings. The Morgan fingerprint density at radius 3 is 1.79 bits per heavy atom. The number of hydrogen-bond acceptors (Lipinski definition) is 2. The molecule has 0 radical (unpaired) electrons. The van der Waals surface area contributed by atoms with Gasteiger partial charge in [-0.05, 0) is 82.9 Å². The van der Waals surface area contributed by atoms with Crippen molar-refractivity contribution < 1.29 is 8.83 Å². The van der Waals surface area contributed by atoms with E-state index in [2.05, 4.69) is 185 Å². The van der Waals surface area contributed by atoms with E-state index in [-0.39, 0.29) is 0 Å². The van der Waals surface area contributed by atoms with E-state index >= 15 is 0 Å². The average molecular weight is 741 g/mol. The zero-order valence-corrected chi connectivity index (χ0v) is 31.2. The Hall–Kier alpha value is -7.82. The zero-order chi connectivity index (χ0) is 37.9. The first kappa shape index (κ1) is 31.4. The van der Waals surface area contributed by atoms with Gasteiger partial charge in [-0.2, -0.15) is 0 Å². The topological polar surface area (TPSA) is 36.1 Å². The molecule has 0 unspecified atom stereocenters. The van der Waals surface area contributed by atoms with Crippen molar-refractivity contribution in [1.82, 2.24) is 9.13 Å². The molecule has 0 aliphatic carbocycles. The van der Waals surface area contributed by atoms with E-state index in [0.29, 0.717) is 0 Å². The first-order valence-electron chi connectivity index (χ1n) is 19.8. The lowest BCUT2D eigenvalue weighted by Crippen LogP contribution is -1.95. The number of aromatic nitrogens is 2. The van der Waals surface area contributed by atoms with Crippen LogP contribution in [-0.4, -0.2) is 9.13 Å². The minimum atomic E-state index is 0.884. The second-order valence-electron chi connectivity index (χ2n) is 15.2. The molecule has 0 spiro atoms. The minimum absolute atomic E-state index is 0.884. The predicted octanol–water partition coefficient (Wildman–Crippen LogP) is 15.0. The monoisotopic (exact) mass is 740 g/mol. The highest BCUT2D eigenvalue weighted by Crippen LogP contribution is 2.46. The van der Waals surface area contributed by atoms with E-state index in [1.54, 1.807) is 0 Å². The van der Waals surface area contributed by atoms with Crippen LogP contribution in [0.15, 0.2) is 203 Å². The highest BCUT2D eigenvalue weighted by Gasteiger charge is 2.23. The van der Waals surface area contributed by atoms with Crippen molar-refractivity contribution in [2.24, 2.45) is 0 Å². The first-order chi connectivity index (χ1) is 28.8. The molecule has 0 atom stereocenters. The number of hydrogen-bond donors (Lipinski definition) is 0. The van der Waals surface area contributed by atoms with Crippen LogP contribution in [0, 0.1) is 0 Å². The summed E-state index contributed by atoms with van der Waals surface area (Å²) in [6, 6.07) is 69.7. The van der Waals surface area contributed by atoms with Gasteiger partial charge in [-0.1, -0.05) is 133 Å². The zero-order valence-electron chi connectivity index (χ0n) is 31.2. The maximum atomic E-state index is 6.66. The number of benzene rings is 9. The lowest BCUT2D eigenvalue weighted by atomic mass is 9.90. The van der Waals surface area contributed by atoms with Crippen LogP contribution < -0.4 is 0 Å². The molecule has 9 aromatic carbocycles. The minimum Gasteiger partial charge on any atom is -0.456 e. The molecular formula is C54H32N2O2. The van der Waals surface area contributed by atoms with Gasteiger partial charge in [0.25, 0.3) is 0 Å². The molecule has 0 saturated heterocycles. The van der Waals surface area contributed by atoms with E-state index in [9.17, 15) is 0 Å². The summed E-state index contributed by atoms with van der Waals surface area (Å²) in [7, 11) is 0. The molecular weight excluding hydrogens is 709 g/mol. The molecule has 0 N–H and O–H groups in total. The Balaban J connectivity index is 1.14. The number of fused-ring (bicyclic) bond motifs is 12. The van der Waals surface area contributed by atoms with Crippen molar-refractivity contribution in [3.8, 4) is 33.6 Å². The summed E-state index contributed by atoms with van der Waals surface area (Å²) in [4.78, 5) is 0. The van der Waals surface area contributed by atoms with Crippen molar-refractivity contribution in [1.29, 1.82) is 0 Å². The fraction of sp³-hybridized carbons (Fsp3) is 0. The molecule has 0 saturated carbocycles. The van der Waals surface area contributed by atoms with Crippen LogP contribution >= 0.6 is 0 Å². The second kappa shape index (κ2) is 11.8. The van der Waals surface area contributed by atoms with Gasteiger partial charge in [0.2, 0.25) is 0 Å². The third kappa shape index (κ3) is 4.34. The first-order valence-corrected chi connectivity index (χ1v) is 19.8. The van der Waals surface area contributed by atoms with Crippen molar-refractivity contribution >= 4 is 87.5 Å². The van der Waals surface area contributed by atoms with Gasteiger partial charge in [0.15, 0.2) is 5.58 Å². The maximum Gasteiger partial charge on any atom is 0.159 e. The lowest BCUT2D eigenvalue weighted by molar-refractivity contribution is 0.666. The quantitative estimate of drug-likeness (QED) is 0.180. The van der Waals surface area contributed by atoms with E-state index in [1.807, 2.05) is 18.2 Å². The van der Waals surface area contributed by atoms with Gasteiger partial charge in [0, 0.05) is 48.8 Å². The Morgan fingerprint density at radius 1 is 0.328 bits per heavy atom. The summed E-state index contributed by atoms with van der Waals surface area (Å²) in [5, 5.41) is 9.29. The van der Waals surface area contributed by atoms with Crippen LogP contribution in [-0.2, 0) is 0 Å². The van der Waals surface area contributed by atoms with E-state index < -0.39 is 0 Å². The summed E-state index contributed by atoms with van der Waals surface area (Å²) < 4.78 is 17.7. The lowest BCUT2D eigenvalue weighted by Gasteiger charge is -2.15. The SMILES string of the molecule is c1ccc(-c2ccc3c(c2-c2ccc4c5ccccc5n(-c5cccc6c5oc5ccccc56)c4c2)c2ccccc2n3-c2ccc3oc4ccccc4c3c2)cc1. The molecule has 0 aliphatic heterocycles. The maximum absolute atomic E-state index is 6.66. The molecule has 58 heavy (non-hydrogen) atoms. The van der Waals surface area contributed by atoms with Gasteiger partial charge in [-0.15, -0.1) is 0 Å². The summed E-state index contributed by atoms with van der Waals surface area (Å²) in [5.74, 6) is 0. The molecule has 0 aliphatic rings. The number of nitrogens with zero attached hydrogens (tertiary/aromatic N) is 2. The van der Waals surface area contributed by atoms with E-state index in [4.69, 9.17) is 8.83 Å². The van der Waals surface area contributed by atoms with Crippen molar-refractivity contribution in [2.45, 2.75) is 0 Å². The number of furan rings is 2. The van der Waals surface area contributed by atoms with Gasteiger partial charge < -0.3 is 18.0 Å². The largest absolute Gasteiger partial charge is 0.456 e. The van der Waals surface area contributed by atoms with Gasteiger partial charge >= 0.3 is 0 Å². The molecule has 0 amide bonds. The average Bonchev–Trinajstić information content (AvgIpc) is 4.04. The third-order valence-electron chi connectivity index (χ3n) is 12.1. The Morgan fingerprint density at radius 2 is 0.966 bits per heavy atom. The standard InChI is InChI=1S/C54H32N2O2/c1-2-13-33(14-3-1)36-28-29-46-53(42-18-5-9-21-45(42)55(46)35-26-30-51-43(32-35)40-17-7-10-23-49(40)57-51)52(36)34-25-27-38-37-15-4-8-20-44(37)56(48(38)31-34)47-22-12-19-41-39-16-6-11-24-50(39)58-54(41)47/h1-32H. The summed E-state index contributed by atoms with van der Waals surface area (Å²) in [6.45, 7) is 0. The normalized spacial score (nSPS) is 12.1. The Kier molecular flexibility index (Phi) is 6.41. The van der Waals surface area contributed by atoms with Crippen LogP contribution in [0.25, 0.3) is 121 Å². The Bertz CT molecular complexity index is 3800. The van der Waals surface area contributed by atoms with Gasteiger partial charge in [-0.3, -0.25) is 0 Å². The number of para-hydroxylation sites is 5. The van der Waals surface area contributed by atoms with Gasteiger partial charge in [0.1, 0.15) is 16.7 Å². The summed E-state index contributed by atoms with van der Waals surface area (Å²) in [6.07, 6.45) is 0. The molecule has 4 heterocycles. The van der Waals surface area contributed by atoms with Crippen LogP contribution in [0.1, 0.15) is 0 Å². The van der Waals surface area contributed by atoms with Gasteiger partial charge in [0.05, 0.1) is 27.8 Å². The van der Waals surface area contributed by atoms with Gasteiger partial charge in [-0.25, -0.2) is 0 Å². The van der Waals surface area contributed by atoms with Crippen LogP contribution in [0.5, 0.6) is 0 Å². The second-order valence-corrected chi connectivity index (χ2v) is 15.2. The fourth-order valence-corrected chi connectivity index (χ4v) is 9.64. The highest BCUT2D eigenvalue weighted by molar-refractivity contribution is 6.20. The highest BCUT2D eigenvalue weighted by atomic mass is 16.3. The Labute approximate surface area is 332 Å². The van der Waals surface area contributed by atoms with E-state index in [0.717, 1.165) is 82.9 Å². The molecule has 13 aromatic rings. The molecule has 13 rings (SSSR count). The molecule has 4 nitrogen and oxygen atoms in total. The fourth-order valence-electron chi connectivity index (χ4n) is 9.64. The molecule has 270 valence electrons. The molecule has 4 aromatic heterocycles.